The Morgan fingerprint density at radius 3 is 2.32 bits per heavy atom. The zero-order valence-electron chi connectivity index (χ0n) is 24.0. The van der Waals surface area contributed by atoms with Gasteiger partial charge in [-0.05, 0) is 93.2 Å². The van der Waals surface area contributed by atoms with Crippen LogP contribution in [0.3, 0.4) is 0 Å². The van der Waals surface area contributed by atoms with Crippen molar-refractivity contribution in [2.45, 2.75) is 45.8 Å². The van der Waals surface area contributed by atoms with Gasteiger partial charge in [-0.2, -0.15) is 0 Å². The minimum absolute atomic E-state index is 0.114. The molecule has 5 rings (SSSR count). The minimum atomic E-state index is -0.315. The molecule has 1 aromatic heterocycles. The highest BCUT2D eigenvalue weighted by atomic mass is 19.1. The Morgan fingerprint density at radius 1 is 0.927 bits per heavy atom. The summed E-state index contributed by atoms with van der Waals surface area (Å²) in [5, 5.41) is 0. The number of hydrogen-bond acceptors (Lipinski definition) is 5. The van der Waals surface area contributed by atoms with Gasteiger partial charge in [-0.25, -0.2) is 14.2 Å². The molecular formula is C34H39FN4O2. The number of carbonyl (C=O) groups is 1. The van der Waals surface area contributed by atoms with Gasteiger partial charge in [0, 0.05) is 25.7 Å². The number of carbonyl (C=O) groups excluding carboxylic acids is 1. The number of benzene rings is 3. The molecule has 0 N–H and O–H groups in total. The van der Waals surface area contributed by atoms with E-state index in [0.29, 0.717) is 6.54 Å². The lowest BCUT2D eigenvalue weighted by atomic mass is 10.1. The van der Waals surface area contributed by atoms with Gasteiger partial charge in [-0.15, -0.1) is 0 Å². The molecule has 2 heterocycles. The monoisotopic (exact) mass is 554 g/mol. The van der Waals surface area contributed by atoms with Gasteiger partial charge in [0.25, 0.3) is 0 Å². The zero-order chi connectivity index (χ0) is 28.6. The fourth-order valence-corrected chi connectivity index (χ4v) is 5.37. The van der Waals surface area contributed by atoms with Crippen molar-refractivity contribution < 1.29 is 13.9 Å². The maximum Gasteiger partial charge on any atom is 0.331 e. The van der Waals surface area contributed by atoms with Gasteiger partial charge >= 0.3 is 5.97 Å². The molecule has 0 spiro atoms. The Balaban J connectivity index is 1.17. The Hall–Kier alpha value is -3.97. The summed E-state index contributed by atoms with van der Waals surface area (Å²) >= 11 is 0. The number of anilines is 1. The highest BCUT2D eigenvalue weighted by molar-refractivity contribution is 5.87. The molecule has 1 saturated heterocycles. The molecule has 1 aliphatic rings. The van der Waals surface area contributed by atoms with Crippen molar-refractivity contribution in [1.29, 1.82) is 0 Å². The van der Waals surface area contributed by atoms with Gasteiger partial charge < -0.3 is 19.1 Å². The minimum Gasteiger partial charge on any atom is -0.460 e. The van der Waals surface area contributed by atoms with Gasteiger partial charge in [-0.3, -0.25) is 0 Å². The van der Waals surface area contributed by atoms with Crippen molar-refractivity contribution in [2.75, 3.05) is 37.6 Å². The number of ether oxygens (including phenoxy) is 1. The summed E-state index contributed by atoms with van der Waals surface area (Å²) in [6.45, 7) is 9.37. The fourth-order valence-electron chi connectivity index (χ4n) is 5.37. The van der Waals surface area contributed by atoms with E-state index in [1.807, 2.05) is 32.0 Å². The second-order valence-corrected chi connectivity index (χ2v) is 11.0. The molecule has 1 aliphatic heterocycles. The number of esters is 1. The van der Waals surface area contributed by atoms with Crippen LogP contribution in [0.5, 0.6) is 0 Å². The summed E-state index contributed by atoms with van der Waals surface area (Å²) in [4.78, 5) is 21.7. The first kappa shape index (κ1) is 28.6. The summed E-state index contributed by atoms with van der Waals surface area (Å²) in [6.07, 6.45) is 6.29. The molecule has 0 aliphatic carbocycles. The van der Waals surface area contributed by atoms with Crippen molar-refractivity contribution in [3.63, 3.8) is 0 Å². The average Bonchev–Trinajstić information content (AvgIpc) is 3.31. The van der Waals surface area contributed by atoms with Gasteiger partial charge in [0.15, 0.2) is 0 Å². The van der Waals surface area contributed by atoms with Gasteiger partial charge in [-0.1, -0.05) is 48.5 Å². The van der Waals surface area contributed by atoms with Crippen molar-refractivity contribution in [2.24, 2.45) is 0 Å². The lowest BCUT2D eigenvalue weighted by Gasteiger charge is -2.31. The molecule has 4 aromatic rings. The summed E-state index contributed by atoms with van der Waals surface area (Å²) in [6, 6.07) is 23.4. The van der Waals surface area contributed by atoms with Crippen LogP contribution in [0.25, 0.3) is 17.1 Å². The SMILES string of the molecule is CC(C)OC(=O)C=Cc1ccc(CCN2CCCN(c3nc4ccccc4n3Cc3ccc(F)cc3)CCC2)cc1. The van der Waals surface area contributed by atoms with Crippen LogP contribution in [0.2, 0.25) is 0 Å². The molecule has 0 bridgehead atoms. The maximum absolute atomic E-state index is 13.5. The molecule has 0 radical (unpaired) electrons. The van der Waals surface area contributed by atoms with Crippen LogP contribution in [0.15, 0.2) is 78.9 Å². The number of halogens is 1. The fraction of sp³-hybridized carbons (Fsp3) is 0.353. The Bertz CT molecular complexity index is 1450. The molecule has 3 aromatic carbocycles. The summed E-state index contributed by atoms with van der Waals surface area (Å²) in [5.41, 5.74) is 5.45. The topological polar surface area (TPSA) is 50.6 Å². The number of rotatable bonds is 9. The molecule has 0 saturated carbocycles. The van der Waals surface area contributed by atoms with Gasteiger partial charge in [0.1, 0.15) is 5.82 Å². The van der Waals surface area contributed by atoms with Crippen LogP contribution in [-0.4, -0.2) is 59.2 Å². The molecule has 7 heteroatoms. The Morgan fingerprint density at radius 2 is 1.61 bits per heavy atom. The van der Waals surface area contributed by atoms with Gasteiger partial charge in [0.2, 0.25) is 5.95 Å². The number of hydrogen-bond donors (Lipinski definition) is 0. The molecular weight excluding hydrogens is 515 g/mol. The van der Waals surface area contributed by atoms with Crippen LogP contribution < -0.4 is 4.90 Å². The second kappa shape index (κ2) is 13.6. The molecule has 1 fully saturated rings. The van der Waals surface area contributed by atoms with Crippen LogP contribution in [0.1, 0.15) is 43.4 Å². The normalized spacial score (nSPS) is 15.0. The third-order valence-corrected chi connectivity index (χ3v) is 7.44. The summed E-state index contributed by atoms with van der Waals surface area (Å²) in [7, 11) is 0. The largest absolute Gasteiger partial charge is 0.460 e. The molecule has 0 amide bonds. The molecule has 0 unspecified atom stereocenters. The van der Waals surface area contributed by atoms with E-state index in [4.69, 9.17) is 9.72 Å². The van der Waals surface area contributed by atoms with Gasteiger partial charge in [0.05, 0.1) is 23.7 Å². The third kappa shape index (κ3) is 7.82. The van der Waals surface area contributed by atoms with Crippen LogP contribution in [0.4, 0.5) is 10.3 Å². The first-order chi connectivity index (χ1) is 19.9. The van der Waals surface area contributed by atoms with Crippen molar-refractivity contribution in [3.05, 3.63) is 101 Å². The molecule has 41 heavy (non-hydrogen) atoms. The first-order valence-corrected chi connectivity index (χ1v) is 14.6. The lowest BCUT2D eigenvalue weighted by Crippen LogP contribution is -2.38. The predicted molar refractivity (Wildman–Crippen MR) is 164 cm³/mol. The van der Waals surface area contributed by atoms with Crippen molar-refractivity contribution in [1.82, 2.24) is 14.5 Å². The quantitative estimate of drug-likeness (QED) is 0.179. The highest BCUT2D eigenvalue weighted by Crippen LogP contribution is 2.25. The highest BCUT2D eigenvalue weighted by Gasteiger charge is 2.20. The average molecular weight is 555 g/mol. The van der Waals surface area contributed by atoms with Crippen LogP contribution in [0, 0.1) is 5.82 Å². The number of imidazole rings is 1. The van der Waals surface area contributed by atoms with E-state index in [1.54, 1.807) is 6.08 Å². The molecule has 0 atom stereocenters. The van der Waals surface area contributed by atoms with Crippen molar-refractivity contribution >= 4 is 29.0 Å². The van der Waals surface area contributed by atoms with E-state index in [9.17, 15) is 9.18 Å². The Kier molecular flexibility index (Phi) is 9.47. The number of nitrogens with zero attached hydrogens (tertiary/aromatic N) is 4. The maximum atomic E-state index is 13.5. The number of para-hydroxylation sites is 2. The lowest BCUT2D eigenvalue weighted by molar-refractivity contribution is -0.141. The van der Waals surface area contributed by atoms with E-state index in [0.717, 1.165) is 80.1 Å². The van der Waals surface area contributed by atoms with E-state index in [-0.39, 0.29) is 17.9 Å². The molecule has 214 valence electrons. The van der Waals surface area contributed by atoms with Crippen LogP contribution >= 0.6 is 0 Å². The standard InChI is InChI=1S/C34H39FN4O2/c1-26(2)41-33(40)18-15-27-9-11-28(12-10-27)19-24-37-20-5-22-38(23-6-21-37)34-36-31-7-3-4-8-32(31)39(34)25-29-13-16-30(35)17-14-29/h3-4,7-18,26H,5-6,19-25H2,1-2H3. The zero-order valence-corrected chi connectivity index (χ0v) is 24.0. The predicted octanol–water partition coefficient (Wildman–Crippen LogP) is 6.33. The van der Waals surface area contributed by atoms with Crippen molar-refractivity contribution in [3.8, 4) is 0 Å². The summed E-state index contributed by atoms with van der Waals surface area (Å²) < 4.78 is 20.9. The number of fused-ring (bicyclic) bond motifs is 1. The summed E-state index contributed by atoms with van der Waals surface area (Å²) in [5.74, 6) is 0.466. The smallest absolute Gasteiger partial charge is 0.331 e. The molecule has 6 nitrogen and oxygen atoms in total. The van der Waals surface area contributed by atoms with E-state index in [1.165, 1.54) is 23.8 Å². The van der Waals surface area contributed by atoms with Crippen LogP contribution in [-0.2, 0) is 22.5 Å². The second-order valence-electron chi connectivity index (χ2n) is 11.0. The number of aromatic nitrogens is 2. The first-order valence-electron chi connectivity index (χ1n) is 14.6. The van der Waals surface area contributed by atoms with E-state index >= 15 is 0 Å². The third-order valence-electron chi connectivity index (χ3n) is 7.44. The van der Waals surface area contributed by atoms with E-state index in [2.05, 4.69) is 56.8 Å². The Labute approximate surface area is 242 Å². The van der Waals surface area contributed by atoms with E-state index < -0.39 is 0 Å².